The average molecular weight is 186 g/mol. The fraction of sp³-hybridized carbons (Fsp3) is 0. The van der Waals surface area contributed by atoms with Gasteiger partial charge in [-0.05, 0) is 6.07 Å². The average Bonchev–Trinajstić information content (AvgIpc) is 2.20. The van der Waals surface area contributed by atoms with E-state index in [4.69, 9.17) is 0 Å². The zero-order chi connectivity index (χ0) is 9.68. The smallest absolute Gasteiger partial charge is 0.206 e. The molecule has 7 nitrogen and oxygen atoms in total. The fourth-order valence-corrected chi connectivity index (χ4v) is 0.961. The Balaban J connectivity index is 2.96. The van der Waals surface area contributed by atoms with Gasteiger partial charge in [-0.15, -0.1) is 0 Å². The molecule has 0 spiro atoms. The van der Waals surface area contributed by atoms with Gasteiger partial charge in [0.25, 0.3) is 0 Å². The van der Waals surface area contributed by atoms with Gasteiger partial charge in [0.15, 0.2) is 5.69 Å². The first-order valence-corrected chi connectivity index (χ1v) is 3.56. The minimum Gasteiger partial charge on any atom is -0.630 e. The van der Waals surface area contributed by atoms with Crippen molar-refractivity contribution in [3.63, 3.8) is 0 Å². The summed E-state index contributed by atoms with van der Waals surface area (Å²) in [7, 11) is 0. The summed E-state index contributed by atoms with van der Waals surface area (Å²) in [6.07, 6.45) is 0. The fourth-order valence-electron chi connectivity index (χ4n) is 0.961. The van der Waals surface area contributed by atoms with Gasteiger partial charge in [0.2, 0.25) is 5.69 Å². The first-order valence-electron chi connectivity index (χ1n) is 3.56. The van der Waals surface area contributed by atoms with Gasteiger partial charge in [0.05, 0.1) is 0 Å². The van der Waals surface area contributed by atoms with Crippen molar-refractivity contribution in [2.75, 3.05) is 5.12 Å². The Kier molecular flexibility index (Phi) is 3.58. The van der Waals surface area contributed by atoms with Crippen LogP contribution in [0.25, 0.3) is 0 Å². The molecule has 0 saturated carbocycles. The molecule has 6 N–H and O–H groups in total. The lowest BCUT2D eigenvalue weighted by atomic mass is 10.3. The van der Waals surface area contributed by atoms with Crippen LogP contribution in [0, 0.1) is 15.6 Å². The third-order valence-electron chi connectivity index (χ3n) is 1.57. The molecular weight excluding hydrogens is 176 g/mol. The molecule has 0 aliphatic carbocycles. The SMILES string of the molecule is [O-][NH2+]c1ccccc1N([NH2+][O-])[NH2+][O-]. The van der Waals surface area contributed by atoms with Gasteiger partial charge in [-0.25, -0.2) is 11.2 Å². The minimum absolute atomic E-state index is 0.294. The lowest BCUT2D eigenvalue weighted by Gasteiger charge is -2.21. The van der Waals surface area contributed by atoms with Crippen LogP contribution >= 0.6 is 0 Å². The van der Waals surface area contributed by atoms with E-state index >= 15 is 0 Å². The zero-order valence-corrected chi connectivity index (χ0v) is 6.71. The largest absolute Gasteiger partial charge is 0.630 e. The van der Waals surface area contributed by atoms with Crippen LogP contribution < -0.4 is 21.8 Å². The Bertz CT molecular complexity index is 266. The number of nitrogens with two attached hydrogens (primary N) is 3. The molecule has 1 rings (SSSR count). The van der Waals surface area contributed by atoms with Crippen LogP contribution in [0.3, 0.4) is 0 Å². The van der Waals surface area contributed by atoms with E-state index < -0.39 is 0 Å². The van der Waals surface area contributed by atoms with Gasteiger partial charge >= 0.3 is 0 Å². The van der Waals surface area contributed by atoms with E-state index in [2.05, 4.69) is 0 Å². The minimum atomic E-state index is 0.294. The van der Waals surface area contributed by atoms with E-state index in [1.54, 1.807) is 12.1 Å². The van der Waals surface area contributed by atoms with Crippen LogP contribution in [0.5, 0.6) is 0 Å². The first-order chi connectivity index (χ1) is 6.33. The molecule has 1 aromatic carbocycles. The standard InChI is InChI=1S/C6H10N4O3/c11-7-5-3-1-2-4-6(5)10(8-12)9-13/h1-4H,7-9H2. The molecule has 0 aliphatic rings. The molecule has 0 amide bonds. The van der Waals surface area contributed by atoms with Crippen LogP contribution in [0.2, 0.25) is 0 Å². The van der Waals surface area contributed by atoms with E-state index in [0.717, 1.165) is 5.12 Å². The molecule has 13 heavy (non-hydrogen) atoms. The van der Waals surface area contributed by atoms with E-state index in [-0.39, 0.29) is 0 Å². The summed E-state index contributed by atoms with van der Waals surface area (Å²) in [4.78, 5) is 0. The van der Waals surface area contributed by atoms with Crippen molar-refractivity contribution in [3.05, 3.63) is 39.9 Å². The summed E-state index contributed by atoms with van der Waals surface area (Å²) in [6.45, 7) is 0. The van der Waals surface area contributed by atoms with Gasteiger partial charge in [-0.1, -0.05) is 17.3 Å². The summed E-state index contributed by atoms with van der Waals surface area (Å²) in [6, 6.07) is 6.35. The lowest BCUT2D eigenvalue weighted by molar-refractivity contribution is -0.823. The van der Waals surface area contributed by atoms with E-state index in [0.29, 0.717) is 28.0 Å². The molecule has 1 aromatic rings. The molecule has 0 aliphatic heterocycles. The quantitative estimate of drug-likeness (QED) is 0.266. The van der Waals surface area contributed by atoms with Crippen molar-refractivity contribution in [1.29, 1.82) is 0 Å². The second-order valence-corrected chi connectivity index (χ2v) is 2.29. The van der Waals surface area contributed by atoms with Crippen LogP contribution in [-0.4, -0.2) is 0 Å². The lowest BCUT2D eigenvalue weighted by Crippen LogP contribution is -3.12. The van der Waals surface area contributed by atoms with Crippen LogP contribution in [0.15, 0.2) is 24.3 Å². The second-order valence-electron chi connectivity index (χ2n) is 2.29. The third-order valence-corrected chi connectivity index (χ3v) is 1.57. The topological polar surface area (TPSA) is 122 Å². The molecule has 0 radical (unpaired) electrons. The molecule has 7 heteroatoms. The Morgan fingerprint density at radius 1 is 1.00 bits per heavy atom. The summed E-state index contributed by atoms with van der Waals surface area (Å²) in [5.74, 6) is 0. The van der Waals surface area contributed by atoms with Gasteiger partial charge < -0.3 is 21.1 Å². The predicted octanol–water partition coefficient (Wildman–Crippen LogP) is -2.86. The number of hydrogen-bond acceptors (Lipinski definition) is 4. The molecule has 72 valence electrons. The highest BCUT2D eigenvalue weighted by molar-refractivity contribution is 5.58. The van der Waals surface area contributed by atoms with E-state index in [1.165, 1.54) is 12.1 Å². The summed E-state index contributed by atoms with van der Waals surface area (Å²) < 4.78 is 0. The third kappa shape index (κ3) is 2.12. The number of quaternary nitrogens is 3. The van der Waals surface area contributed by atoms with Crippen molar-refractivity contribution in [1.82, 2.24) is 0 Å². The Morgan fingerprint density at radius 2 is 1.62 bits per heavy atom. The van der Waals surface area contributed by atoms with Crippen molar-refractivity contribution in [3.8, 4) is 0 Å². The maximum Gasteiger partial charge on any atom is 0.206 e. The van der Waals surface area contributed by atoms with Crippen LogP contribution in [-0.2, 0) is 0 Å². The number of rotatable bonds is 4. The highest BCUT2D eigenvalue weighted by atomic mass is 16.6. The van der Waals surface area contributed by atoms with Gasteiger partial charge in [-0.3, -0.25) is 0 Å². The maximum absolute atomic E-state index is 10.5. The number of benzene rings is 1. The zero-order valence-electron chi connectivity index (χ0n) is 6.71. The van der Waals surface area contributed by atoms with Gasteiger partial charge in [0.1, 0.15) is 0 Å². The molecule has 0 unspecified atom stereocenters. The molecule has 0 fully saturated rings. The molecule has 0 bridgehead atoms. The Labute approximate surface area is 74.0 Å². The summed E-state index contributed by atoms with van der Waals surface area (Å²) in [5, 5.41) is 32.1. The van der Waals surface area contributed by atoms with Crippen LogP contribution in [0.1, 0.15) is 0 Å². The highest BCUT2D eigenvalue weighted by Gasteiger charge is 2.11. The number of para-hydroxylation sites is 1. The van der Waals surface area contributed by atoms with Crippen molar-refractivity contribution < 1.29 is 16.7 Å². The van der Waals surface area contributed by atoms with Crippen molar-refractivity contribution in [2.45, 2.75) is 0 Å². The molecule has 0 aromatic heterocycles. The predicted molar refractivity (Wildman–Crippen MR) is 44.5 cm³/mol. The van der Waals surface area contributed by atoms with Crippen molar-refractivity contribution >= 4 is 11.4 Å². The van der Waals surface area contributed by atoms with Gasteiger partial charge in [0, 0.05) is 6.07 Å². The number of anilines is 1. The van der Waals surface area contributed by atoms with Gasteiger partial charge in [-0.2, -0.15) is 0 Å². The molecule has 0 saturated heterocycles. The Morgan fingerprint density at radius 3 is 2.15 bits per heavy atom. The normalized spacial score (nSPS) is 10.1. The highest BCUT2D eigenvalue weighted by Crippen LogP contribution is 2.15. The summed E-state index contributed by atoms with van der Waals surface area (Å²) in [5.41, 5.74) is 1.91. The molecule has 0 heterocycles. The Hall–Kier alpha value is -1.22. The second kappa shape index (κ2) is 4.72. The number of nitrogens with zero attached hydrogens (tertiary/aromatic N) is 1. The van der Waals surface area contributed by atoms with E-state index in [1.807, 2.05) is 0 Å². The van der Waals surface area contributed by atoms with Crippen LogP contribution in [0.4, 0.5) is 11.4 Å². The van der Waals surface area contributed by atoms with E-state index in [9.17, 15) is 15.6 Å². The molecule has 0 atom stereocenters. The number of hydrogen-bond donors (Lipinski definition) is 3. The molecular formula is C6H10N4O3. The maximum atomic E-state index is 10.5. The summed E-state index contributed by atoms with van der Waals surface area (Å²) >= 11 is 0. The van der Waals surface area contributed by atoms with Crippen molar-refractivity contribution in [2.24, 2.45) is 0 Å². The monoisotopic (exact) mass is 186 g/mol. The first kappa shape index (κ1) is 9.86.